The molecule has 0 fully saturated rings. The molecule has 6 nitrogen and oxygen atoms in total. The topological polar surface area (TPSA) is 85.8 Å². The average molecular weight is 299 g/mol. The molecule has 0 radical (unpaired) electrons. The Morgan fingerprint density at radius 2 is 2.29 bits per heavy atom. The second kappa shape index (κ2) is 5.76. The van der Waals surface area contributed by atoms with Crippen LogP contribution in [-0.2, 0) is 6.54 Å². The summed E-state index contributed by atoms with van der Waals surface area (Å²) >= 11 is 1.24. The maximum Gasteiger partial charge on any atom is 0.275 e. The Kier molecular flexibility index (Phi) is 3.65. The summed E-state index contributed by atoms with van der Waals surface area (Å²) in [4.78, 5) is 16.0. The number of nitrogens with two attached hydrogens (primary N) is 1. The van der Waals surface area contributed by atoms with E-state index in [1.165, 1.54) is 11.3 Å². The molecule has 21 heavy (non-hydrogen) atoms. The minimum atomic E-state index is -0.265. The lowest BCUT2D eigenvalue weighted by molar-refractivity contribution is 0.102. The highest BCUT2D eigenvalue weighted by atomic mass is 32.1. The van der Waals surface area contributed by atoms with E-state index >= 15 is 0 Å². The van der Waals surface area contributed by atoms with Gasteiger partial charge < -0.3 is 11.1 Å². The van der Waals surface area contributed by atoms with Gasteiger partial charge in [0, 0.05) is 23.5 Å². The van der Waals surface area contributed by atoms with Crippen molar-refractivity contribution in [3.63, 3.8) is 0 Å². The lowest BCUT2D eigenvalue weighted by Crippen LogP contribution is -2.12. The normalized spacial score (nSPS) is 10.5. The van der Waals surface area contributed by atoms with E-state index < -0.39 is 0 Å². The van der Waals surface area contributed by atoms with Crippen LogP contribution in [0.25, 0.3) is 0 Å². The number of nitrogen functional groups attached to an aromatic ring is 1. The maximum atomic E-state index is 12.0. The Hall–Kier alpha value is -2.67. The molecule has 1 aromatic carbocycles. The first-order valence-electron chi connectivity index (χ1n) is 6.29. The molecule has 0 atom stereocenters. The number of nitrogens with one attached hydrogen (secondary N) is 1. The van der Waals surface area contributed by atoms with Crippen LogP contribution in [-0.4, -0.2) is 20.7 Å². The molecule has 1 amide bonds. The first-order valence-corrected chi connectivity index (χ1v) is 7.17. The van der Waals surface area contributed by atoms with Crippen LogP contribution < -0.4 is 11.1 Å². The first kappa shape index (κ1) is 13.3. The van der Waals surface area contributed by atoms with Crippen LogP contribution in [0.2, 0.25) is 0 Å². The van der Waals surface area contributed by atoms with Gasteiger partial charge in [0.2, 0.25) is 0 Å². The number of anilines is 2. The highest BCUT2D eigenvalue weighted by Crippen LogP contribution is 2.15. The van der Waals surface area contributed by atoms with Gasteiger partial charge in [-0.1, -0.05) is 12.1 Å². The summed E-state index contributed by atoms with van der Waals surface area (Å²) in [6.07, 6.45) is 3.63. The third kappa shape index (κ3) is 3.26. The summed E-state index contributed by atoms with van der Waals surface area (Å²) in [5.74, 6) is -0.265. The zero-order valence-electron chi connectivity index (χ0n) is 11.1. The largest absolute Gasteiger partial charge is 0.375 e. The van der Waals surface area contributed by atoms with Gasteiger partial charge in [-0.25, -0.2) is 4.98 Å². The zero-order valence-corrected chi connectivity index (χ0v) is 11.9. The van der Waals surface area contributed by atoms with Crippen molar-refractivity contribution in [3.05, 3.63) is 59.4 Å². The minimum absolute atomic E-state index is 0.265. The van der Waals surface area contributed by atoms with Crippen LogP contribution in [0.15, 0.2) is 48.1 Å². The van der Waals surface area contributed by atoms with Crippen molar-refractivity contribution in [1.29, 1.82) is 0 Å². The Labute approximate surface area is 125 Å². The quantitative estimate of drug-likeness (QED) is 0.773. The van der Waals surface area contributed by atoms with Crippen molar-refractivity contribution >= 4 is 28.1 Å². The van der Waals surface area contributed by atoms with Gasteiger partial charge in [-0.15, -0.1) is 11.3 Å². The number of benzene rings is 1. The molecule has 0 saturated carbocycles. The number of aromatic nitrogens is 3. The van der Waals surface area contributed by atoms with Crippen molar-refractivity contribution in [2.45, 2.75) is 6.54 Å². The van der Waals surface area contributed by atoms with Crippen LogP contribution in [0.4, 0.5) is 10.8 Å². The van der Waals surface area contributed by atoms with Gasteiger partial charge in [-0.2, -0.15) is 5.10 Å². The van der Waals surface area contributed by atoms with Crippen LogP contribution in [0.3, 0.4) is 0 Å². The molecule has 0 spiro atoms. The van der Waals surface area contributed by atoms with Crippen molar-refractivity contribution in [2.24, 2.45) is 0 Å². The Bertz CT molecular complexity index is 750. The monoisotopic (exact) mass is 299 g/mol. The number of amides is 1. The van der Waals surface area contributed by atoms with Crippen LogP contribution in [0.1, 0.15) is 16.1 Å². The number of thiazole rings is 1. The summed E-state index contributed by atoms with van der Waals surface area (Å²) in [6.45, 7) is 0.653. The van der Waals surface area contributed by atoms with E-state index in [1.807, 2.05) is 41.2 Å². The van der Waals surface area contributed by atoms with E-state index in [4.69, 9.17) is 5.73 Å². The second-order valence-corrected chi connectivity index (χ2v) is 5.32. The van der Waals surface area contributed by atoms with Gasteiger partial charge in [0.1, 0.15) is 5.69 Å². The van der Waals surface area contributed by atoms with E-state index in [0.29, 0.717) is 17.4 Å². The maximum absolute atomic E-state index is 12.0. The number of carbonyl (C=O) groups excluding carboxylic acids is 1. The molecule has 0 unspecified atom stereocenters. The second-order valence-electron chi connectivity index (χ2n) is 4.43. The molecular formula is C14H13N5OS. The SMILES string of the molecule is Nc1nc(C(=O)Nc2cccc(Cn3cccn3)c2)cs1. The molecule has 3 N–H and O–H groups in total. The third-order valence-electron chi connectivity index (χ3n) is 2.84. The number of hydrogen-bond acceptors (Lipinski definition) is 5. The molecule has 0 saturated heterocycles. The molecule has 2 aromatic heterocycles. The highest BCUT2D eigenvalue weighted by Gasteiger charge is 2.10. The van der Waals surface area contributed by atoms with Gasteiger partial charge in [0.15, 0.2) is 5.13 Å². The highest BCUT2D eigenvalue weighted by molar-refractivity contribution is 7.13. The molecule has 0 bridgehead atoms. The predicted octanol–water partition coefficient (Wildman–Crippen LogP) is 2.22. The van der Waals surface area contributed by atoms with E-state index in [2.05, 4.69) is 15.4 Å². The fraction of sp³-hybridized carbons (Fsp3) is 0.0714. The number of hydrogen-bond donors (Lipinski definition) is 2. The lowest BCUT2D eigenvalue weighted by Gasteiger charge is -2.06. The van der Waals surface area contributed by atoms with E-state index in [9.17, 15) is 4.79 Å². The van der Waals surface area contributed by atoms with Gasteiger partial charge in [0.25, 0.3) is 5.91 Å². The molecule has 2 heterocycles. The van der Waals surface area contributed by atoms with Crippen LogP contribution in [0, 0.1) is 0 Å². The molecule has 0 aliphatic carbocycles. The Balaban J connectivity index is 1.72. The number of rotatable bonds is 4. The first-order chi connectivity index (χ1) is 10.2. The van der Waals surface area contributed by atoms with E-state index in [0.717, 1.165) is 11.3 Å². The standard InChI is InChI=1S/C14H13N5OS/c15-14-18-12(9-21-14)13(20)17-11-4-1-3-10(7-11)8-19-6-2-5-16-19/h1-7,9H,8H2,(H2,15,18)(H,17,20). The van der Waals surface area contributed by atoms with Crippen LogP contribution in [0.5, 0.6) is 0 Å². The van der Waals surface area contributed by atoms with Gasteiger partial charge >= 0.3 is 0 Å². The summed E-state index contributed by atoms with van der Waals surface area (Å²) in [6, 6.07) is 9.50. The summed E-state index contributed by atoms with van der Waals surface area (Å²) < 4.78 is 1.82. The molecule has 3 aromatic rings. The summed E-state index contributed by atoms with van der Waals surface area (Å²) in [7, 11) is 0. The molecule has 0 aliphatic heterocycles. The number of nitrogens with zero attached hydrogens (tertiary/aromatic N) is 3. The van der Waals surface area contributed by atoms with E-state index in [1.54, 1.807) is 11.6 Å². The number of carbonyl (C=O) groups is 1. The Morgan fingerprint density at radius 1 is 1.38 bits per heavy atom. The lowest BCUT2D eigenvalue weighted by atomic mass is 10.2. The smallest absolute Gasteiger partial charge is 0.275 e. The molecular weight excluding hydrogens is 286 g/mol. The van der Waals surface area contributed by atoms with E-state index in [-0.39, 0.29) is 5.91 Å². The summed E-state index contributed by atoms with van der Waals surface area (Å²) in [5.41, 5.74) is 7.63. The Morgan fingerprint density at radius 3 is 3.00 bits per heavy atom. The molecule has 3 rings (SSSR count). The fourth-order valence-electron chi connectivity index (χ4n) is 1.92. The van der Waals surface area contributed by atoms with Gasteiger partial charge in [-0.05, 0) is 23.8 Å². The van der Waals surface area contributed by atoms with Crippen molar-refractivity contribution in [2.75, 3.05) is 11.1 Å². The fourth-order valence-corrected chi connectivity index (χ4v) is 2.46. The average Bonchev–Trinajstić information content (AvgIpc) is 3.11. The van der Waals surface area contributed by atoms with Crippen molar-refractivity contribution < 1.29 is 4.79 Å². The van der Waals surface area contributed by atoms with Crippen LogP contribution >= 0.6 is 11.3 Å². The third-order valence-corrected chi connectivity index (χ3v) is 3.52. The predicted molar refractivity (Wildman–Crippen MR) is 82.3 cm³/mol. The summed E-state index contributed by atoms with van der Waals surface area (Å²) in [5, 5.41) is 8.99. The minimum Gasteiger partial charge on any atom is -0.375 e. The molecule has 7 heteroatoms. The van der Waals surface area contributed by atoms with Crippen molar-refractivity contribution in [1.82, 2.24) is 14.8 Å². The molecule has 0 aliphatic rings. The van der Waals surface area contributed by atoms with Gasteiger partial charge in [0.05, 0.1) is 6.54 Å². The zero-order chi connectivity index (χ0) is 14.7. The molecule has 106 valence electrons. The van der Waals surface area contributed by atoms with Gasteiger partial charge in [-0.3, -0.25) is 9.48 Å². The van der Waals surface area contributed by atoms with Crippen molar-refractivity contribution in [3.8, 4) is 0 Å².